The van der Waals surface area contributed by atoms with Gasteiger partial charge in [0.2, 0.25) is 0 Å². The summed E-state index contributed by atoms with van der Waals surface area (Å²) in [7, 11) is 1.69. The highest BCUT2D eigenvalue weighted by Crippen LogP contribution is 2.28. The lowest BCUT2D eigenvalue weighted by atomic mass is 9.95. The lowest BCUT2D eigenvalue weighted by molar-refractivity contribution is 0.0393. The van der Waals surface area contributed by atoms with Crippen molar-refractivity contribution in [3.63, 3.8) is 0 Å². The Morgan fingerprint density at radius 2 is 2.21 bits per heavy atom. The van der Waals surface area contributed by atoms with E-state index in [1.54, 1.807) is 18.4 Å². The molecule has 0 amide bonds. The van der Waals surface area contributed by atoms with Gasteiger partial charge in [0.25, 0.3) is 0 Å². The Balaban J connectivity index is 1.88. The summed E-state index contributed by atoms with van der Waals surface area (Å²) < 4.78 is 11.2. The van der Waals surface area contributed by atoms with E-state index in [0.717, 1.165) is 35.4 Å². The van der Waals surface area contributed by atoms with Gasteiger partial charge in [0, 0.05) is 36.7 Å². The molecule has 1 unspecified atom stereocenters. The first-order valence-corrected chi connectivity index (χ1v) is 8.98. The number of anilines is 1. The van der Waals surface area contributed by atoms with Crippen molar-refractivity contribution in [3.05, 3.63) is 34.2 Å². The highest BCUT2D eigenvalue weighted by Gasteiger charge is 2.27. The number of hydrogen-bond donors (Lipinski definition) is 0. The fourth-order valence-electron chi connectivity index (χ4n) is 2.60. The van der Waals surface area contributed by atoms with Crippen LogP contribution in [0.5, 0.6) is 0 Å². The summed E-state index contributed by atoms with van der Waals surface area (Å²) >= 11 is 1.63. The Labute approximate surface area is 146 Å². The summed E-state index contributed by atoms with van der Waals surface area (Å²) in [6, 6.07) is 2.02. The SMILES string of the molecule is COCc1cc(N2CCOC(c3nccs3)C2)nc(C(C)(C)C)n1. The molecule has 3 rings (SSSR count). The van der Waals surface area contributed by atoms with Crippen LogP contribution in [0.1, 0.15) is 43.4 Å². The monoisotopic (exact) mass is 348 g/mol. The van der Waals surface area contributed by atoms with Crippen LogP contribution in [0.25, 0.3) is 0 Å². The molecule has 3 heterocycles. The fraction of sp³-hybridized carbons (Fsp3) is 0.588. The number of ether oxygens (including phenoxy) is 2. The third-order valence-electron chi connectivity index (χ3n) is 3.85. The van der Waals surface area contributed by atoms with E-state index in [1.807, 2.05) is 17.6 Å². The molecule has 130 valence electrons. The molecule has 0 aliphatic carbocycles. The topological polar surface area (TPSA) is 60.4 Å². The Morgan fingerprint density at radius 1 is 1.38 bits per heavy atom. The molecule has 0 saturated carbocycles. The van der Waals surface area contributed by atoms with Gasteiger partial charge in [-0.15, -0.1) is 11.3 Å². The van der Waals surface area contributed by atoms with Gasteiger partial charge in [-0.3, -0.25) is 0 Å². The summed E-state index contributed by atoms with van der Waals surface area (Å²) in [4.78, 5) is 16.1. The highest BCUT2D eigenvalue weighted by atomic mass is 32.1. The molecule has 24 heavy (non-hydrogen) atoms. The Morgan fingerprint density at radius 3 is 2.88 bits per heavy atom. The molecule has 1 aliphatic rings. The lowest BCUT2D eigenvalue weighted by Crippen LogP contribution is -2.39. The summed E-state index contributed by atoms with van der Waals surface area (Å²) in [6.07, 6.45) is 1.82. The maximum Gasteiger partial charge on any atom is 0.136 e. The van der Waals surface area contributed by atoms with Crippen molar-refractivity contribution in [2.24, 2.45) is 0 Å². The molecule has 0 spiro atoms. The molecule has 1 atom stereocenters. The van der Waals surface area contributed by atoms with Crippen LogP contribution in [0.2, 0.25) is 0 Å². The summed E-state index contributed by atoms with van der Waals surface area (Å²) in [5.41, 5.74) is 0.796. The van der Waals surface area contributed by atoms with Crippen LogP contribution in [0, 0.1) is 0 Å². The van der Waals surface area contributed by atoms with Gasteiger partial charge in [0.05, 0.1) is 25.5 Å². The third-order valence-corrected chi connectivity index (χ3v) is 4.71. The summed E-state index contributed by atoms with van der Waals surface area (Å²) in [5.74, 6) is 1.77. The largest absolute Gasteiger partial charge is 0.378 e. The van der Waals surface area contributed by atoms with Crippen molar-refractivity contribution >= 4 is 17.2 Å². The van der Waals surface area contributed by atoms with Gasteiger partial charge in [-0.1, -0.05) is 20.8 Å². The zero-order valence-corrected chi connectivity index (χ0v) is 15.5. The maximum atomic E-state index is 5.89. The standard InChI is InChI=1S/C17H24N4O2S/c1-17(2,3)16-19-12(11-22-4)9-14(20-16)21-6-7-23-13(10-21)15-18-5-8-24-15/h5,8-9,13H,6-7,10-11H2,1-4H3. The summed E-state index contributed by atoms with van der Waals surface area (Å²) in [6.45, 7) is 9.09. The van der Waals surface area contributed by atoms with Crippen molar-refractivity contribution in [3.8, 4) is 0 Å². The molecule has 2 aromatic heterocycles. The molecule has 7 heteroatoms. The van der Waals surface area contributed by atoms with Gasteiger partial charge < -0.3 is 14.4 Å². The molecule has 1 aliphatic heterocycles. The van der Waals surface area contributed by atoms with Crippen LogP contribution in [0.3, 0.4) is 0 Å². The van der Waals surface area contributed by atoms with Crippen molar-refractivity contribution in [1.82, 2.24) is 15.0 Å². The molecule has 0 radical (unpaired) electrons. The number of rotatable bonds is 4. The molecule has 1 fully saturated rings. The zero-order valence-electron chi connectivity index (χ0n) is 14.7. The Bertz CT molecular complexity index is 670. The number of aromatic nitrogens is 3. The molecule has 0 bridgehead atoms. The quantitative estimate of drug-likeness (QED) is 0.847. The molecular weight excluding hydrogens is 324 g/mol. The predicted octanol–water partition coefficient (Wildman–Crippen LogP) is 2.95. The van der Waals surface area contributed by atoms with E-state index in [9.17, 15) is 0 Å². The molecule has 0 N–H and O–H groups in total. The molecule has 0 aromatic carbocycles. The second kappa shape index (κ2) is 7.13. The fourth-order valence-corrected chi connectivity index (χ4v) is 3.28. The predicted molar refractivity (Wildman–Crippen MR) is 94.5 cm³/mol. The second-order valence-corrected chi connectivity index (χ2v) is 7.83. The average molecular weight is 348 g/mol. The third kappa shape index (κ3) is 3.91. The van der Waals surface area contributed by atoms with E-state index >= 15 is 0 Å². The number of morpholine rings is 1. The number of nitrogens with zero attached hydrogens (tertiary/aromatic N) is 4. The minimum Gasteiger partial charge on any atom is -0.378 e. The first-order valence-electron chi connectivity index (χ1n) is 8.10. The van der Waals surface area contributed by atoms with Gasteiger partial charge in [-0.25, -0.2) is 15.0 Å². The molecular formula is C17H24N4O2S. The van der Waals surface area contributed by atoms with E-state index in [-0.39, 0.29) is 11.5 Å². The van der Waals surface area contributed by atoms with Crippen molar-refractivity contribution in [2.45, 2.75) is 38.9 Å². The van der Waals surface area contributed by atoms with Gasteiger partial charge in [-0.05, 0) is 0 Å². The second-order valence-electron chi connectivity index (χ2n) is 6.90. The van der Waals surface area contributed by atoms with Crippen molar-refractivity contribution < 1.29 is 9.47 Å². The first kappa shape index (κ1) is 17.3. The van der Waals surface area contributed by atoms with Gasteiger partial charge in [-0.2, -0.15) is 0 Å². The van der Waals surface area contributed by atoms with Crippen LogP contribution in [0.15, 0.2) is 17.6 Å². The smallest absolute Gasteiger partial charge is 0.136 e. The number of hydrogen-bond acceptors (Lipinski definition) is 7. The average Bonchev–Trinajstić information content (AvgIpc) is 3.09. The molecule has 6 nitrogen and oxygen atoms in total. The molecule has 2 aromatic rings. The van der Waals surface area contributed by atoms with E-state index in [2.05, 4.69) is 35.6 Å². The maximum absolute atomic E-state index is 5.89. The minimum absolute atomic E-state index is 0.00215. The van der Waals surface area contributed by atoms with E-state index in [4.69, 9.17) is 14.5 Å². The lowest BCUT2D eigenvalue weighted by Gasteiger charge is -2.33. The minimum atomic E-state index is -0.112. The van der Waals surface area contributed by atoms with Gasteiger partial charge in [0.1, 0.15) is 22.8 Å². The van der Waals surface area contributed by atoms with Crippen molar-refractivity contribution in [1.29, 1.82) is 0 Å². The number of methoxy groups -OCH3 is 1. The highest BCUT2D eigenvalue weighted by molar-refractivity contribution is 7.09. The van der Waals surface area contributed by atoms with E-state index in [1.165, 1.54) is 0 Å². The Kier molecular flexibility index (Phi) is 5.12. The van der Waals surface area contributed by atoms with Gasteiger partial charge in [0.15, 0.2) is 0 Å². The van der Waals surface area contributed by atoms with E-state index < -0.39 is 0 Å². The van der Waals surface area contributed by atoms with E-state index in [0.29, 0.717) is 13.2 Å². The van der Waals surface area contributed by atoms with Crippen LogP contribution in [-0.4, -0.2) is 41.8 Å². The van der Waals surface area contributed by atoms with Crippen LogP contribution in [0.4, 0.5) is 5.82 Å². The Hall–Kier alpha value is -1.57. The van der Waals surface area contributed by atoms with Crippen LogP contribution in [-0.2, 0) is 21.5 Å². The van der Waals surface area contributed by atoms with Gasteiger partial charge >= 0.3 is 0 Å². The number of thiazole rings is 1. The summed E-state index contributed by atoms with van der Waals surface area (Å²) in [5, 5.41) is 3.00. The molecule has 1 saturated heterocycles. The zero-order chi connectivity index (χ0) is 17.2. The van der Waals surface area contributed by atoms with Crippen LogP contribution < -0.4 is 4.90 Å². The first-order chi connectivity index (χ1) is 11.5. The normalized spacial score (nSPS) is 18.8. The van der Waals surface area contributed by atoms with Crippen LogP contribution >= 0.6 is 11.3 Å². The van der Waals surface area contributed by atoms with Crippen molar-refractivity contribution in [2.75, 3.05) is 31.7 Å².